The van der Waals surface area contributed by atoms with E-state index in [1.54, 1.807) is 0 Å². The van der Waals surface area contributed by atoms with Crippen LogP contribution in [0.5, 0.6) is 0 Å². The summed E-state index contributed by atoms with van der Waals surface area (Å²) in [7, 11) is 0. The Morgan fingerprint density at radius 2 is 0.460 bits per heavy atom. The van der Waals surface area contributed by atoms with Crippen molar-refractivity contribution < 1.29 is 28.6 Å². The number of carbonyl (C=O) groups excluding carboxylic acids is 3. The Morgan fingerprint density at radius 1 is 0.270 bits per heavy atom. The highest BCUT2D eigenvalue weighted by molar-refractivity contribution is 5.71. The molecule has 1 atom stereocenters. The van der Waals surface area contributed by atoms with Gasteiger partial charge in [0.05, 0.1) is 0 Å². The summed E-state index contributed by atoms with van der Waals surface area (Å²) in [6.07, 6.45) is 49.6. The molecular formula is C57H110O6. The van der Waals surface area contributed by atoms with Crippen LogP contribution in [-0.2, 0) is 28.6 Å². The number of hydrogen-bond donors (Lipinski definition) is 0. The van der Waals surface area contributed by atoms with Gasteiger partial charge in [0.15, 0.2) is 6.10 Å². The normalized spacial score (nSPS) is 12.1. The molecule has 63 heavy (non-hydrogen) atoms. The number of carbonyl (C=O) groups is 3. The van der Waals surface area contributed by atoms with Crippen LogP contribution in [0.25, 0.3) is 0 Å². The van der Waals surface area contributed by atoms with E-state index in [1.807, 2.05) is 0 Å². The third kappa shape index (κ3) is 51.3. The second-order valence-corrected chi connectivity index (χ2v) is 21.0. The van der Waals surface area contributed by atoms with E-state index in [2.05, 4.69) is 41.5 Å². The Labute approximate surface area is 393 Å². The summed E-state index contributed by atoms with van der Waals surface area (Å²) in [5.74, 6) is 1.62. The van der Waals surface area contributed by atoms with Crippen molar-refractivity contribution in [1.82, 2.24) is 0 Å². The lowest BCUT2D eigenvalue weighted by atomic mass is 10.0. The van der Waals surface area contributed by atoms with Gasteiger partial charge in [-0.1, -0.05) is 273 Å². The van der Waals surface area contributed by atoms with Crippen molar-refractivity contribution in [3.8, 4) is 0 Å². The SMILES string of the molecule is CC(C)CCCCCCCCCCCCCCCCCCC(=O)O[C@H](COC(=O)CCCCCCCCCCCCCCCC(C)C)COC(=O)CCCCCCCCCC(C)C. The van der Waals surface area contributed by atoms with Crippen molar-refractivity contribution in [3.05, 3.63) is 0 Å². The van der Waals surface area contributed by atoms with Gasteiger partial charge in [-0.2, -0.15) is 0 Å². The molecule has 0 aliphatic rings. The first-order chi connectivity index (χ1) is 30.6. The van der Waals surface area contributed by atoms with E-state index < -0.39 is 6.10 Å². The molecule has 374 valence electrons. The monoisotopic (exact) mass is 891 g/mol. The standard InChI is InChI=1S/C57H110O6/c1-51(2)43-37-31-25-20-16-12-9-7-8-10-14-19-23-29-36-42-48-57(60)63-54(50-62-56(59)47-41-35-30-24-27-33-39-45-53(5)6)49-61-55(58)46-40-34-28-22-18-15-11-13-17-21-26-32-38-44-52(3)4/h51-54H,7-50H2,1-6H3/t54-/m1/s1. The van der Waals surface area contributed by atoms with E-state index >= 15 is 0 Å². The van der Waals surface area contributed by atoms with E-state index in [1.165, 1.54) is 193 Å². The van der Waals surface area contributed by atoms with Gasteiger partial charge in [-0.15, -0.1) is 0 Å². The van der Waals surface area contributed by atoms with Crippen molar-refractivity contribution in [2.45, 2.75) is 317 Å². The van der Waals surface area contributed by atoms with Crippen LogP contribution < -0.4 is 0 Å². The van der Waals surface area contributed by atoms with E-state index in [9.17, 15) is 14.4 Å². The maximum atomic E-state index is 12.8. The van der Waals surface area contributed by atoms with Crippen LogP contribution in [0.1, 0.15) is 311 Å². The van der Waals surface area contributed by atoms with Crippen LogP contribution in [-0.4, -0.2) is 37.2 Å². The molecule has 0 spiro atoms. The minimum atomic E-state index is -0.763. The molecule has 0 rings (SSSR count). The first-order valence-corrected chi connectivity index (χ1v) is 28.1. The molecule has 0 saturated heterocycles. The maximum absolute atomic E-state index is 12.8. The molecule has 0 fully saturated rings. The third-order valence-electron chi connectivity index (χ3n) is 12.9. The Balaban J connectivity index is 4.25. The average molecular weight is 892 g/mol. The lowest BCUT2D eigenvalue weighted by Crippen LogP contribution is -2.30. The van der Waals surface area contributed by atoms with Crippen LogP contribution in [0.2, 0.25) is 0 Å². The van der Waals surface area contributed by atoms with Crippen molar-refractivity contribution in [2.24, 2.45) is 17.8 Å². The van der Waals surface area contributed by atoms with Gasteiger partial charge >= 0.3 is 17.9 Å². The molecule has 0 aromatic rings. The summed E-state index contributed by atoms with van der Waals surface area (Å²) in [4.78, 5) is 38.0. The van der Waals surface area contributed by atoms with E-state index in [0.717, 1.165) is 75.5 Å². The Kier molecular flexibility index (Phi) is 47.1. The molecule has 0 saturated carbocycles. The number of unbranched alkanes of at least 4 members (excludes halogenated alkanes) is 33. The minimum Gasteiger partial charge on any atom is -0.462 e. The van der Waals surface area contributed by atoms with Crippen molar-refractivity contribution >= 4 is 17.9 Å². The summed E-state index contributed by atoms with van der Waals surface area (Å²) in [5.41, 5.74) is 0. The highest BCUT2D eigenvalue weighted by atomic mass is 16.6. The zero-order valence-electron chi connectivity index (χ0n) is 43.4. The minimum absolute atomic E-state index is 0.0643. The van der Waals surface area contributed by atoms with E-state index in [0.29, 0.717) is 19.3 Å². The largest absolute Gasteiger partial charge is 0.462 e. The van der Waals surface area contributed by atoms with Gasteiger partial charge < -0.3 is 14.2 Å². The fraction of sp³-hybridized carbons (Fsp3) is 0.947. The molecule has 6 nitrogen and oxygen atoms in total. The van der Waals surface area contributed by atoms with E-state index in [4.69, 9.17) is 14.2 Å². The van der Waals surface area contributed by atoms with Gasteiger partial charge in [0.2, 0.25) is 0 Å². The fourth-order valence-electron chi connectivity index (χ4n) is 8.65. The maximum Gasteiger partial charge on any atom is 0.306 e. The summed E-state index contributed by atoms with van der Waals surface area (Å²) in [6.45, 7) is 13.7. The molecule has 0 N–H and O–H groups in total. The molecule has 0 aliphatic heterocycles. The van der Waals surface area contributed by atoms with Gasteiger partial charge in [0.1, 0.15) is 13.2 Å². The second kappa shape index (κ2) is 48.3. The number of ether oxygens (including phenoxy) is 3. The van der Waals surface area contributed by atoms with Gasteiger partial charge in [-0.05, 0) is 37.0 Å². The molecule has 0 unspecified atom stereocenters. The van der Waals surface area contributed by atoms with Crippen molar-refractivity contribution in [1.29, 1.82) is 0 Å². The predicted octanol–water partition coefficient (Wildman–Crippen LogP) is 18.3. The van der Waals surface area contributed by atoms with Crippen LogP contribution in [0.15, 0.2) is 0 Å². The lowest BCUT2D eigenvalue weighted by Gasteiger charge is -2.18. The topological polar surface area (TPSA) is 78.9 Å². The smallest absolute Gasteiger partial charge is 0.306 e. The lowest BCUT2D eigenvalue weighted by molar-refractivity contribution is -0.167. The summed E-state index contributed by atoms with van der Waals surface area (Å²) in [5, 5.41) is 0. The van der Waals surface area contributed by atoms with Crippen LogP contribution >= 0.6 is 0 Å². The first kappa shape index (κ1) is 61.4. The molecule has 0 radical (unpaired) electrons. The Morgan fingerprint density at radius 3 is 0.683 bits per heavy atom. The first-order valence-electron chi connectivity index (χ1n) is 28.1. The summed E-state index contributed by atoms with van der Waals surface area (Å²) >= 11 is 0. The average Bonchev–Trinajstić information content (AvgIpc) is 3.24. The Bertz CT molecular complexity index is 976. The van der Waals surface area contributed by atoms with Crippen LogP contribution in [0.3, 0.4) is 0 Å². The quantitative estimate of drug-likeness (QED) is 0.0344. The molecule has 6 heteroatoms. The zero-order chi connectivity index (χ0) is 46.3. The highest BCUT2D eigenvalue weighted by Crippen LogP contribution is 2.18. The second-order valence-electron chi connectivity index (χ2n) is 21.0. The van der Waals surface area contributed by atoms with Gasteiger partial charge in [0, 0.05) is 19.3 Å². The predicted molar refractivity (Wildman–Crippen MR) is 270 cm³/mol. The van der Waals surface area contributed by atoms with Gasteiger partial charge in [0.25, 0.3) is 0 Å². The molecule has 0 amide bonds. The number of esters is 3. The Hall–Kier alpha value is -1.59. The van der Waals surface area contributed by atoms with Crippen molar-refractivity contribution in [2.75, 3.05) is 13.2 Å². The van der Waals surface area contributed by atoms with Gasteiger partial charge in [-0.25, -0.2) is 0 Å². The number of rotatable bonds is 50. The highest BCUT2D eigenvalue weighted by Gasteiger charge is 2.19. The van der Waals surface area contributed by atoms with Gasteiger partial charge in [-0.3, -0.25) is 14.4 Å². The third-order valence-corrected chi connectivity index (χ3v) is 12.9. The summed E-state index contributed by atoms with van der Waals surface area (Å²) in [6, 6.07) is 0. The number of hydrogen-bond acceptors (Lipinski definition) is 6. The molecule has 0 heterocycles. The fourth-order valence-corrected chi connectivity index (χ4v) is 8.65. The zero-order valence-corrected chi connectivity index (χ0v) is 43.4. The molecule has 0 aromatic carbocycles. The molecule has 0 bridgehead atoms. The van der Waals surface area contributed by atoms with Crippen LogP contribution in [0.4, 0.5) is 0 Å². The summed E-state index contributed by atoms with van der Waals surface area (Å²) < 4.78 is 16.8. The molecule has 0 aromatic heterocycles. The molecular weight excluding hydrogens is 781 g/mol. The molecule has 0 aliphatic carbocycles. The van der Waals surface area contributed by atoms with Crippen molar-refractivity contribution in [3.63, 3.8) is 0 Å². The van der Waals surface area contributed by atoms with E-state index in [-0.39, 0.29) is 31.1 Å². The van der Waals surface area contributed by atoms with Crippen LogP contribution in [0, 0.1) is 17.8 Å².